The molecule has 0 heterocycles. The van der Waals surface area contributed by atoms with Gasteiger partial charge in [0.2, 0.25) is 0 Å². The Morgan fingerprint density at radius 3 is 1.38 bits per heavy atom. The molecular weight excluding hydrogens is 388 g/mol. The zero-order chi connectivity index (χ0) is 21.2. The van der Waals surface area contributed by atoms with Gasteiger partial charge < -0.3 is 0 Å². The summed E-state index contributed by atoms with van der Waals surface area (Å²) in [6.07, 6.45) is 8.80. The van der Waals surface area contributed by atoms with Crippen molar-refractivity contribution in [2.75, 3.05) is 0 Å². The molecule has 3 aliphatic rings. The van der Waals surface area contributed by atoms with E-state index in [-0.39, 0.29) is 23.7 Å². The fourth-order valence-corrected chi connectivity index (χ4v) is 6.13. The number of carbonyl (C=O) groups is 1. The lowest BCUT2D eigenvalue weighted by atomic mass is 9.64. The van der Waals surface area contributed by atoms with Crippen LogP contribution < -0.4 is 0 Å². The monoisotopic (exact) mass is 410 g/mol. The molecule has 1 nitrogen and oxygen atoms in total. The second kappa shape index (κ2) is 6.64. The van der Waals surface area contributed by atoms with E-state index in [0.717, 1.165) is 0 Å². The first kappa shape index (κ1) is 17.9. The van der Waals surface area contributed by atoms with Crippen LogP contribution in [0.3, 0.4) is 0 Å². The van der Waals surface area contributed by atoms with Gasteiger partial charge in [-0.15, -0.1) is 0 Å². The predicted octanol–water partition coefficient (Wildman–Crippen LogP) is 6.99. The molecule has 4 aromatic carbocycles. The van der Waals surface area contributed by atoms with Crippen LogP contribution >= 0.6 is 0 Å². The minimum Gasteiger partial charge on any atom is -0.298 e. The lowest BCUT2D eigenvalue weighted by molar-refractivity contribution is -0.120. The van der Waals surface area contributed by atoms with Gasteiger partial charge in [-0.05, 0) is 44.2 Å². The number of carbonyl (C=O) groups excluding carboxylic acids is 1. The summed E-state index contributed by atoms with van der Waals surface area (Å²) in [5, 5.41) is 2.55. The maximum Gasteiger partial charge on any atom is 0.155 e. The third-order valence-corrected chi connectivity index (χ3v) is 7.55. The molecule has 4 atom stereocenters. The molecule has 3 aliphatic carbocycles. The molecule has 0 bridgehead atoms. The SMILES string of the molecule is O=C1C2C=CC(c3ccccc3)c3ccc4ccc5c(c4c32)C1C=CC5c1ccccc1. The van der Waals surface area contributed by atoms with Crippen molar-refractivity contribution in [2.45, 2.75) is 23.7 Å². The Hall–Kier alpha value is -3.71. The number of hydrogen-bond acceptors (Lipinski definition) is 1. The van der Waals surface area contributed by atoms with Crippen molar-refractivity contribution in [2.24, 2.45) is 0 Å². The smallest absolute Gasteiger partial charge is 0.155 e. The minimum atomic E-state index is -0.153. The molecular formula is C31H22O. The molecule has 4 aromatic rings. The van der Waals surface area contributed by atoms with Crippen molar-refractivity contribution in [1.82, 2.24) is 0 Å². The highest BCUT2D eigenvalue weighted by Crippen LogP contribution is 2.52. The van der Waals surface area contributed by atoms with E-state index in [2.05, 4.69) is 109 Å². The zero-order valence-electron chi connectivity index (χ0n) is 17.6. The Bertz CT molecular complexity index is 1340. The topological polar surface area (TPSA) is 17.1 Å². The number of ketones is 1. The van der Waals surface area contributed by atoms with Gasteiger partial charge in [-0.1, -0.05) is 109 Å². The minimum absolute atomic E-state index is 0.153. The van der Waals surface area contributed by atoms with Gasteiger partial charge in [-0.25, -0.2) is 0 Å². The van der Waals surface area contributed by atoms with E-state index in [1.807, 2.05) is 0 Å². The van der Waals surface area contributed by atoms with E-state index in [0.29, 0.717) is 5.78 Å². The van der Waals surface area contributed by atoms with Crippen LogP contribution in [-0.4, -0.2) is 5.78 Å². The Kier molecular flexibility index (Phi) is 3.72. The van der Waals surface area contributed by atoms with Crippen LogP contribution in [0.4, 0.5) is 0 Å². The second-order valence-corrected chi connectivity index (χ2v) is 9.14. The molecule has 7 rings (SSSR count). The molecule has 0 fully saturated rings. The van der Waals surface area contributed by atoms with Crippen molar-refractivity contribution in [3.05, 3.63) is 143 Å². The highest BCUT2D eigenvalue weighted by atomic mass is 16.1. The highest BCUT2D eigenvalue weighted by molar-refractivity contribution is 6.09. The molecule has 4 unspecified atom stereocenters. The first-order valence-corrected chi connectivity index (χ1v) is 11.4. The van der Waals surface area contributed by atoms with Crippen LogP contribution in [0.5, 0.6) is 0 Å². The second-order valence-electron chi connectivity index (χ2n) is 9.14. The van der Waals surface area contributed by atoms with Crippen LogP contribution in [-0.2, 0) is 4.79 Å². The summed E-state index contributed by atoms with van der Waals surface area (Å²) in [7, 11) is 0. The quantitative estimate of drug-likeness (QED) is 0.325. The third-order valence-electron chi connectivity index (χ3n) is 7.55. The molecule has 32 heavy (non-hydrogen) atoms. The molecule has 0 N–H and O–H groups in total. The largest absolute Gasteiger partial charge is 0.298 e. The fraction of sp³-hybridized carbons (Fsp3) is 0.129. The Morgan fingerprint density at radius 1 is 0.469 bits per heavy atom. The van der Waals surface area contributed by atoms with Crippen molar-refractivity contribution >= 4 is 16.6 Å². The first-order valence-electron chi connectivity index (χ1n) is 11.4. The summed E-state index contributed by atoms with van der Waals surface area (Å²) >= 11 is 0. The Morgan fingerprint density at radius 2 is 0.906 bits per heavy atom. The average molecular weight is 411 g/mol. The summed E-state index contributed by atoms with van der Waals surface area (Å²) in [6, 6.07) is 30.3. The maximum absolute atomic E-state index is 13.7. The van der Waals surface area contributed by atoms with Crippen molar-refractivity contribution in [3.8, 4) is 0 Å². The summed E-state index contributed by atoms with van der Waals surface area (Å²) in [5.74, 6) is 0.384. The zero-order valence-corrected chi connectivity index (χ0v) is 17.6. The van der Waals surface area contributed by atoms with Crippen LogP contribution in [0.25, 0.3) is 10.8 Å². The number of hydrogen-bond donors (Lipinski definition) is 0. The normalized spacial score (nSPS) is 24.7. The van der Waals surface area contributed by atoms with E-state index in [4.69, 9.17) is 0 Å². The molecule has 0 aromatic heterocycles. The molecule has 152 valence electrons. The van der Waals surface area contributed by atoms with Crippen molar-refractivity contribution < 1.29 is 4.79 Å². The molecule has 0 aliphatic heterocycles. The summed E-state index contributed by atoms with van der Waals surface area (Å²) in [4.78, 5) is 13.7. The van der Waals surface area contributed by atoms with Gasteiger partial charge in [-0.2, -0.15) is 0 Å². The number of Topliss-reactive ketones (excluding diaryl/α,β-unsaturated/α-hetero) is 1. The van der Waals surface area contributed by atoms with Gasteiger partial charge in [0.15, 0.2) is 5.78 Å². The van der Waals surface area contributed by atoms with Crippen LogP contribution in [0, 0.1) is 0 Å². The van der Waals surface area contributed by atoms with E-state index in [1.165, 1.54) is 44.2 Å². The summed E-state index contributed by atoms with van der Waals surface area (Å²) < 4.78 is 0. The highest BCUT2D eigenvalue weighted by Gasteiger charge is 2.41. The van der Waals surface area contributed by atoms with Gasteiger partial charge in [0.05, 0.1) is 11.8 Å². The standard InChI is InChI=1S/C31H22O/c32-31-26-17-15-22(19-7-3-1-4-8-19)24-13-11-21-12-14-25-23(20-9-5-2-6-10-20)16-18-27(31)30(25)28(21)29(24)26/h1-18,22-23,26-27H. The van der Waals surface area contributed by atoms with Gasteiger partial charge >= 0.3 is 0 Å². The third kappa shape index (κ3) is 2.37. The van der Waals surface area contributed by atoms with E-state index >= 15 is 0 Å². The maximum atomic E-state index is 13.7. The van der Waals surface area contributed by atoms with E-state index in [9.17, 15) is 4.79 Å². The van der Waals surface area contributed by atoms with E-state index in [1.54, 1.807) is 0 Å². The fourth-order valence-electron chi connectivity index (χ4n) is 6.13. The van der Waals surface area contributed by atoms with Crippen LogP contribution in [0.1, 0.15) is 57.1 Å². The van der Waals surface area contributed by atoms with Crippen molar-refractivity contribution in [1.29, 1.82) is 0 Å². The molecule has 0 saturated heterocycles. The lowest BCUT2D eigenvalue weighted by Gasteiger charge is -2.38. The Labute approximate surface area is 187 Å². The molecule has 0 spiro atoms. The lowest BCUT2D eigenvalue weighted by Crippen LogP contribution is -2.30. The number of benzene rings is 4. The molecule has 0 amide bonds. The number of allylic oxidation sites excluding steroid dienone is 4. The van der Waals surface area contributed by atoms with E-state index < -0.39 is 0 Å². The molecule has 1 heteroatoms. The van der Waals surface area contributed by atoms with Crippen molar-refractivity contribution in [3.63, 3.8) is 0 Å². The van der Waals surface area contributed by atoms with Gasteiger partial charge in [0, 0.05) is 11.8 Å². The first-order chi connectivity index (χ1) is 15.8. The number of rotatable bonds is 2. The predicted molar refractivity (Wildman–Crippen MR) is 129 cm³/mol. The van der Waals surface area contributed by atoms with Crippen LogP contribution in [0.15, 0.2) is 109 Å². The molecule has 0 saturated carbocycles. The van der Waals surface area contributed by atoms with Gasteiger partial charge in [0.1, 0.15) is 0 Å². The van der Waals surface area contributed by atoms with Gasteiger partial charge in [-0.3, -0.25) is 4.79 Å². The summed E-state index contributed by atoms with van der Waals surface area (Å²) in [5.41, 5.74) is 7.58. The average Bonchev–Trinajstić information content (AvgIpc) is 2.87. The molecule has 0 radical (unpaired) electrons. The summed E-state index contributed by atoms with van der Waals surface area (Å²) in [6.45, 7) is 0. The Balaban J connectivity index is 1.53. The van der Waals surface area contributed by atoms with Gasteiger partial charge in [0.25, 0.3) is 0 Å². The van der Waals surface area contributed by atoms with Crippen LogP contribution in [0.2, 0.25) is 0 Å².